The number of rotatable bonds is 5. The van der Waals surface area contributed by atoms with Gasteiger partial charge in [-0.3, -0.25) is 0 Å². The van der Waals surface area contributed by atoms with Crippen LogP contribution in [0.25, 0.3) is 17.2 Å². The highest BCUT2D eigenvalue weighted by molar-refractivity contribution is 5.84. The summed E-state index contributed by atoms with van der Waals surface area (Å²) in [5.74, 6) is 0. The van der Waals surface area contributed by atoms with Crippen LogP contribution >= 0.6 is 0 Å². The molecular weight excluding hydrogens is 326 g/mol. The highest BCUT2D eigenvalue weighted by atomic mass is 14.5. The van der Waals surface area contributed by atoms with E-state index in [1.54, 1.807) is 0 Å². The minimum atomic E-state index is 0.754. The summed E-state index contributed by atoms with van der Waals surface area (Å²) < 4.78 is 0. The van der Waals surface area contributed by atoms with E-state index in [2.05, 4.69) is 81.1 Å². The van der Waals surface area contributed by atoms with Crippen LogP contribution in [0.1, 0.15) is 34.7 Å². The fraction of sp³-hybridized carbons (Fsp3) is 0.0769. The van der Waals surface area contributed by atoms with Gasteiger partial charge in [-0.2, -0.15) is 0 Å². The van der Waals surface area contributed by atoms with Gasteiger partial charge in [0.05, 0.1) is 0 Å². The predicted octanol–water partition coefficient (Wildman–Crippen LogP) is 6.76. The van der Waals surface area contributed by atoms with Crippen molar-refractivity contribution in [2.45, 2.75) is 13.8 Å². The maximum Gasteiger partial charge on any atom is 0.0320 e. The normalized spacial score (nSPS) is 11.7. The van der Waals surface area contributed by atoms with Gasteiger partial charge >= 0.3 is 0 Å². The smallest absolute Gasteiger partial charge is 0.0320 e. The van der Waals surface area contributed by atoms with Gasteiger partial charge in [0.1, 0.15) is 0 Å². The number of aryl methyl sites for hydroxylation is 1. The minimum absolute atomic E-state index is 0.754. The summed E-state index contributed by atoms with van der Waals surface area (Å²) in [4.78, 5) is 0. The molecule has 0 heterocycles. The number of nitrogens with two attached hydrogens (primary N) is 1. The van der Waals surface area contributed by atoms with Gasteiger partial charge in [-0.25, -0.2) is 0 Å². The second kappa shape index (κ2) is 8.37. The number of hydrogen-bond donors (Lipinski definition) is 1. The maximum atomic E-state index is 5.91. The number of allylic oxidation sites excluding steroid dienone is 3. The van der Waals surface area contributed by atoms with E-state index in [0.29, 0.717) is 0 Å². The van der Waals surface area contributed by atoms with Crippen LogP contribution in [0, 0.1) is 6.92 Å². The van der Waals surface area contributed by atoms with Crippen LogP contribution in [-0.4, -0.2) is 0 Å². The molecule has 27 heavy (non-hydrogen) atoms. The van der Waals surface area contributed by atoms with E-state index in [9.17, 15) is 0 Å². The zero-order valence-corrected chi connectivity index (χ0v) is 15.9. The molecule has 0 aliphatic carbocycles. The van der Waals surface area contributed by atoms with Crippen LogP contribution in [-0.2, 0) is 0 Å². The van der Waals surface area contributed by atoms with Gasteiger partial charge in [-0.1, -0.05) is 85.5 Å². The molecule has 0 spiro atoms. The number of anilines is 1. The molecule has 0 bridgehead atoms. The van der Waals surface area contributed by atoms with Gasteiger partial charge in [0.25, 0.3) is 0 Å². The largest absolute Gasteiger partial charge is 0.399 e. The van der Waals surface area contributed by atoms with Crippen LogP contribution < -0.4 is 5.73 Å². The summed E-state index contributed by atoms with van der Waals surface area (Å²) in [5, 5.41) is 0. The Kier molecular flexibility index (Phi) is 5.73. The molecule has 0 aromatic heterocycles. The highest BCUT2D eigenvalue weighted by Gasteiger charge is 2.07. The molecule has 3 aromatic rings. The Morgan fingerprint density at radius 3 is 2.30 bits per heavy atom. The van der Waals surface area contributed by atoms with Gasteiger partial charge in [-0.15, -0.1) is 0 Å². The Balaban J connectivity index is 1.87. The molecule has 0 fully saturated rings. The van der Waals surface area contributed by atoms with Crippen LogP contribution in [0.15, 0.2) is 91.5 Å². The van der Waals surface area contributed by atoms with Crippen LogP contribution in [0.4, 0.5) is 5.69 Å². The molecule has 1 heteroatoms. The van der Waals surface area contributed by atoms with E-state index in [4.69, 9.17) is 5.73 Å². The lowest BCUT2D eigenvalue weighted by Gasteiger charge is -2.12. The summed E-state index contributed by atoms with van der Waals surface area (Å²) >= 11 is 0. The quantitative estimate of drug-likeness (QED) is 0.399. The predicted molar refractivity (Wildman–Crippen MR) is 119 cm³/mol. The molecule has 1 nitrogen and oxygen atoms in total. The molecule has 0 atom stereocenters. The van der Waals surface area contributed by atoms with E-state index in [-0.39, 0.29) is 0 Å². The van der Waals surface area contributed by atoms with Crippen molar-refractivity contribution in [3.8, 4) is 0 Å². The summed E-state index contributed by atoms with van der Waals surface area (Å²) in [6, 6.07) is 24.7. The van der Waals surface area contributed by atoms with E-state index in [1.165, 1.54) is 22.3 Å². The molecular formula is C26H25N. The monoisotopic (exact) mass is 351 g/mol. The minimum Gasteiger partial charge on any atom is -0.399 e. The average molecular weight is 351 g/mol. The molecule has 134 valence electrons. The lowest BCUT2D eigenvalue weighted by molar-refractivity contribution is 1.40. The molecule has 0 saturated carbocycles. The van der Waals surface area contributed by atoms with Gasteiger partial charge in [0.2, 0.25) is 0 Å². The van der Waals surface area contributed by atoms with Gasteiger partial charge < -0.3 is 5.73 Å². The van der Waals surface area contributed by atoms with Crippen LogP contribution in [0.5, 0.6) is 0 Å². The van der Waals surface area contributed by atoms with Crippen molar-refractivity contribution in [2.75, 3.05) is 5.73 Å². The molecule has 0 unspecified atom stereocenters. The van der Waals surface area contributed by atoms with Gasteiger partial charge in [0, 0.05) is 5.69 Å². The molecule has 0 radical (unpaired) electrons. The average Bonchev–Trinajstić information content (AvgIpc) is 2.69. The van der Waals surface area contributed by atoms with Crippen LogP contribution in [0.2, 0.25) is 0 Å². The van der Waals surface area contributed by atoms with Crippen molar-refractivity contribution < 1.29 is 0 Å². The van der Waals surface area contributed by atoms with Crippen molar-refractivity contribution in [1.82, 2.24) is 0 Å². The first-order valence-corrected chi connectivity index (χ1v) is 9.14. The Labute approximate surface area is 162 Å². The lowest BCUT2D eigenvalue weighted by atomic mass is 9.93. The summed E-state index contributed by atoms with van der Waals surface area (Å²) in [6.07, 6.45) is 6.46. The Morgan fingerprint density at radius 1 is 0.889 bits per heavy atom. The maximum absolute atomic E-state index is 5.91. The SMILES string of the molecule is C=C(c1cccc(N)c1)c1ccc(C(=C\C)/C=C/c2ccccc2)c(C)c1. The third-order valence-electron chi connectivity index (χ3n) is 4.69. The molecule has 0 saturated heterocycles. The Hall–Kier alpha value is -3.32. The molecule has 0 amide bonds. The number of benzene rings is 3. The fourth-order valence-corrected chi connectivity index (χ4v) is 3.16. The number of hydrogen-bond acceptors (Lipinski definition) is 1. The molecule has 3 rings (SSSR count). The van der Waals surface area contributed by atoms with Crippen molar-refractivity contribution in [2.24, 2.45) is 0 Å². The van der Waals surface area contributed by atoms with E-state index < -0.39 is 0 Å². The first-order chi connectivity index (χ1) is 13.1. The standard InChI is InChI=1S/C26H25N/c1-4-22(14-13-21-9-6-5-7-10-21)26-16-15-24(17-19(26)2)20(3)23-11-8-12-25(27)18-23/h4-18H,3,27H2,1-2H3/b14-13+,22-4-. The van der Waals surface area contributed by atoms with Crippen molar-refractivity contribution in [3.05, 3.63) is 119 Å². The van der Waals surface area contributed by atoms with E-state index in [0.717, 1.165) is 22.4 Å². The molecule has 0 aliphatic heterocycles. The highest BCUT2D eigenvalue weighted by Crippen LogP contribution is 2.28. The van der Waals surface area contributed by atoms with E-state index >= 15 is 0 Å². The Morgan fingerprint density at radius 2 is 1.63 bits per heavy atom. The zero-order valence-electron chi connectivity index (χ0n) is 15.9. The van der Waals surface area contributed by atoms with Gasteiger partial charge in [-0.05, 0) is 64.9 Å². The van der Waals surface area contributed by atoms with E-state index in [1.807, 2.05) is 30.3 Å². The van der Waals surface area contributed by atoms with Crippen molar-refractivity contribution in [1.29, 1.82) is 0 Å². The molecule has 0 aliphatic rings. The number of nitrogen functional groups attached to an aromatic ring is 1. The first-order valence-electron chi connectivity index (χ1n) is 9.14. The zero-order chi connectivity index (χ0) is 19.2. The summed E-state index contributed by atoms with van der Waals surface area (Å²) in [6.45, 7) is 8.48. The molecule has 3 aromatic carbocycles. The lowest BCUT2D eigenvalue weighted by Crippen LogP contribution is -1.93. The first kappa shape index (κ1) is 18.5. The molecule has 2 N–H and O–H groups in total. The van der Waals surface area contributed by atoms with Crippen molar-refractivity contribution >= 4 is 22.9 Å². The van der Waals surface area contributed by atoms with Crippen LogP contribution in [0.3, 0.4) is 0 Å². The second-order valence-corrected chi connectivity index (χ2v) is 6.62. The van der Waals surface area contributed by atoms with Gasteiger partial charge in [0.15, 0.2) is 0 Å². The summed E-state index contributed by atoms with van der Waals surface area (Å²) in [5.41, 5.74) is 14.7. The third kappa shape index (κ3) is 4.45. The Bertz CT molecular complexity index is 1010. The summed E-state index contributed by atoms with van der Waals surface area (Å²) in [7, 11) is 0. The third-order valence-corrected chi connectivity index (χ3v) is 4.69. The second-order valence-electron chi connectivity index (χ2n) is 6.62. The van der Waals surface area contributed by atoms with Crippen molar-refractivity contribution in [3.63, 3.8) is 0 Å². The topological polar surface area (TPSA) is 26.0 Å². The fourth-order valence-electron chi connectivity index (χ4n) is 3.16.